The highest BCUT2D eigenvalue weighted by atomic mass is 16.3. The average molecular weight is 602 g/mol. The molecule has 4 heteroatoms. The van der Waals surface area contributed by atoms with Gasteiger partial charge in [-0.05, 0) is 63.4 Å². The number of furan rings is 1. The summed E-state index contributed by atoms with van der Waals surface area (Å²) in [5.41, 5.74) is 8.96. The minimum absolute atomic E-state index is 0.625. The van der Waals surface area contributed by atoms with Crippen molar-refractivity contribution in [2.75, 3.05) is 0 Å². The largest absolute Gasteiger partial charge is 0.456 e. The highest BCUT2D eigenvalue weighted by Gasteiger charge is 2.16. The average Bonchev–Trinajstić information content (AvgIpc) is 3.51. The van der Waals surface area contributed by atoms with E-state index < -0.39 is 0 Å². The molecule has 0 aliphatic heterocycles. The second-order valence-corrected chi connectivity index (χ2v) is 11.7. The lowest BCUT2D eigenvalue weighted by atomic mass is 9.98. The summed E-state index contributed by atoms with van der Waals surface area (Å²) in [6.07, 6.45) is 0. The van der Waals surface area contributed by atoms with Crippen molar-refractivity contribution in [1.29, 1.82) is 0 Å². The van der Waals surface area contributed by atoms with Crippen LogP contribution in [0.15, 0.2) is 168 Å². The molecule has 7 aromatic carbocycles. The molecule has 9 rings (SSSR count). The van der Waals surface area contributed by atoms with Crippen LogP contribution in [0.3, 0.4) is 0 Å². The number of benzene rings is 7. The Hall–Kier alpha value is -6.39. The normalized spacial score (nSPS) is 11.4. The van der Waals surface area contributed by atoms with E-state index in [0.717, 1.165) is 60.9 Å². The van der Waals surface area contributed by atoms with Crippen LogP contribution >= 0.6 is 0 Å². The zero-order valence-corrected chi connectivity index (χ0v) is 25.3. The molecule has 0 radical (unpaired) electrons. The van der Waals surface area contributed by atoms with Crippen LogP contribution in [0.5, 0.6) is 0 Å². The standard InChI is InChI=1S/C43H27N3O/c1-3-12-28(13-4-1)35-20-9-10-21-36(35)43-45-41(29-14-5-2-6-15-29)44-42(46-43)34-19-11-18-30(24-34)33-22-23-39-37(26-33)38-25-31-16-7-8-17-32(31)27-40(38)47-39/h1-27H. The first-order valence-electron chi connectivity index (χ1n) is 15.7. The second-order valence-electron chi connectivity index (χ2n) is 11.7. The molecule has 220 valence electrons. The lowest BCUT2D eigenvalue weighted by molar-refractivity contribution is 0.669. The van der Waals surface area contributed by atoms with Crippen LogP contribution < -0.4 is 0 Å². The van der Waals surface area contributed by atoms with Gasteiger partial charge in [-0.2, -0.15) is 0 Å². The van der Waals surface area contributed by atoms with Crippen molar-refractivity contribution in [1.82, 2.24) is 15.0 Å². The van der Waals surface area contributed by atoms with Crippen molar-refractivity contribution in [2.24, 2.45) is 0 Å². The number of hydrogen-bond acceptors (Lipinski definition) is 4. The molecule has 0 bridgehead atoms. The fourth-order valence-corrected chi connectivity index (χ4v) is 6.37. The van der Waals surface area contributed by atoms with Gasteiger partial charge in [0.25, 0.3) is 0 Å². The molecule has 4 nitrogen and oxygen atoms in total. The van der Waals surface area contributed by atoms with E-state index in [1.165, 1.54) is 10.8 Å². The van der Waals surface area contributed by atoms with E-state index in [9.17, 15) is 0 Å². The lowest BCUT2D eigenvalue weighted by Gasteiger charge is -2.12. The van der Waals surface area contributed by atoms with E-state index in [2.05, 4.69) is 121 Å². The van der Waals surface area contributed by atoms with Crippen molar-refractivity contribution in [3.63, 3.8) is 0 Å². The van der Waals surface area contributed by atoms with Crippen LogP contribution in [0.2, 0.25) is 0 Å². The van der Waals surface area contributed by atoms with Crippen LogP contribution in [0.1, 0.15) is 0 Å². The number of fused-ring (bicyclic) bond motifs is 4. The Balaban J connectivity index is 1.18. The third-order valence-electron chi connectivity index (χ3n) is 8.71. The third-order valence-corrected chi connectivity index (χ3v) is 8.71. The van der Waals surface area contributed by atoms with E-state index in [1.807, 2.05) is 42.5 Å². The highest BCUT2D eigenvalue weighted by Crippen LogP contribution is 2.36. The summed E-state index contributed by atoms with van der Waals surface area (Å²) in [6.45, 7) is 0. The molecule has 9 aromatic rings. The lowest BCUT2D eigenvalue weighted by Crippen LogP contribution is -2.01. The third kappa shape index (κ3) is 4.93. The van der Waals surface area contributed by atoms with Crippen LogP contribution in [0, 0.1) is 0 Å². The maximum atomic E-state index is 6.27. The van der Waals surface area contributed by atoms with E-state index >= 15 is 0 Å². The Labute approximate surface area is 271 Å². The van der Waals surface area contributed by atoms with Crippen LogP contribution in [0.25, 0.3) is 89.1 Å². The van der Waals surface area contributed by atoms with Crippen LogP contribution in [-0.4, -0.2) is 15.0 Å². The summed E-state index contributed by atoms with van der Waals surface area (Å²) in [7, 11) is 0. The van der Waals surface area contributed by atoms with Crippen LogP contribution in [0.4, 0.5) is 0 Å². The SMILES string of the molecule is c1ccc(-c2nc(-c3cccc(-c4ccc5oc6cc7ccccc7cc6c5c4)c3)nc(-c3ccccc3-c3ccccc3)n2)cc1. The zero-order chi connectivity index (χ0) is 31.2. The van der Waals surface area contributed by atoms with Gasteiger partial charge in [0, 0.05) is 27.5 Å². The monoisotopic (exact) mass is 601 g/mol. The molecule has 0 aliphatic rings. The van der Waals surface area contributed by atoms with Crippen LogP contribution in [-0.2, 0) is 0 Å². The number of hydrogen-bond donors (Lipinski definition) is 0. The van der Waals surface area contributed by atoms with Gasteiger partial charge in [-0.15, -0.1) is 0 Å². The van der Waals surface area contributed by atoms with Gasteiger partial charge in [-0.3, -0.25) is 0 Å². The van der Waals surface area contributed by atoms with E-state index in [-0.39, 0.29) is 0 Å². The van der Waals surface area contributed by atoms with Crippen molar-refractivity contribution in [3.05, 3.63) is 164 Å². The summed E-state index contributed by atoms with van der Waals surface area (Å²) in [5.74, 6) is 1.90. The molecule has 0 atom stereocenters. The molecule has 2 aromatic heterocycles. The Kier molecular flexibility index (Phi) is 6.43. The number of aromatic nitrogens is 3. The fraction of sp³-hybridized carbons (Fsp3) is 0. The van der Waals surface area contributed by atoms with Gasteiger partial charge in [0.2, 0.25) is 0 Å². The predicted octanol–water partition coefficient (Wildman–Crippen LogP) is 11.3. The van der Waals surface area contributed by atoms with Gasteiger partial charge in [0.15, 0.2) is 17.5 Å². The quantitative estimate of drug-likeness (QED) is 0.197. The molecule has 0 amide bonds. The molecule has 0 saturated heterocycles. The van der Waals surface area contributed by atoms with Gasteiger partial charge >= 0.3 is 0 Å². The zero-order valence-electron chi connectivity index (χ0n) is 25.3. The molecule has 47 heavy (non-hydrogen) atoms. The van der Waals surface area contributed by atoms with Gasteiger partial charge in [-0.25, -0.2) is 15.0 Å². The summed E-state index contributed by atoms with van der Waals surface area (Å²) >= 11 is 0. The predicted molar refractivity (Wildman–Crippen MR) is 192 cm³/mol. The summed E-state index contributed by atoms with van der Waals surface area (Å²) in [6, 6.07) is 56.3. The minimum Gasteiger partial charge on any atom is -0.456 e. The maximum Gasteiger partial charge on any atom is 0.164 e. The molecule has 0 spiro atoms. The smallest absolute Gasteiger partial charge is 0.164 e. The molecular formula is C43H27N3O. The highest BCUT2D eigenvalue weighted by molar-refractivity contribution is 6.11. The first-order valence-corrected chi connectivity index (χ1v) is 15.7. The summed E-state index contributed by atoms with van der Waals surface area (Å²) in [5, 5.41) is 4.58. The summed E-state index contributed by atoms with van der Waals surface area (Å²) in [4.78, 5) is 15.1. The number of nitrogens with zero attached hydrogens (tertiary/aromatic N) is 3. The van der Waals surface area contributed by atoms with Gasteiger partial charge in [0.1, 0.15) is 11.2 Å². The molecule has 2 heterocycles. The van der Waals surface area contributed by atoms with Gasteiger partial charge in [-0.1, -0.05) is 133 Å². The summed E-state index contributed by atoms with van der Waals surface area (Å²) < 4.78 is 6.27. The Bertz CT molecular complexity index is 2570. The Morgan fingerprint density at radius 1 is 0.319 bits per heavy atom. The van der Waals surface area contributed by atoms with E-state index in [0.29, 0.717) is 17.5 Å². The van der Waals surface area contributed by atoms with Gasteiger partial charge in [0.05, 0.1) is 0 Å². The molecule has 0 N–H and O–H groups in total. The second kappa shape index (κ2) is 11.2. The van der Waals surface area contributed by atoms with Crippen molar-refractivity contribution in [3.8, 4) is 56.4 Å². The Morgan fingerprint density at radius 3 is 1.66 bits per heavy atom. The first-order chi connectivity index (χ1) is 23.3. The molecule has 0 fully saturated rings. The molecular weight excluding hydrogens is 574 g/mol. The first kappa shape index (κ1) is 27.0. The van der Waals surface area contributed by atoms with E-state index in [1.54, 1.807) is 0 Å². The van der Waals surface area contributed by atoms with Gasteiger partial charge < -0.3 is 4.42 Å². The minimum atomic E-state index is 0.625. The van der Waals surface area contributed by atoms with Crippen molar-refractivity contribution < 1.29 is 4.42 Å². The molecule has 0 aliphatic carbocycles. The molecule has 0 unspecified atom stereocenters. The maximum absolute atomic E-state index is 6.27. The van der Waals surface area contributed by atoms with Crippen molar-refractivity contribution in [2.45, 2.75) is 0 Å². The Morgan fingerprint density at radius 2 is 0.872 bits per heavy atom. The van der Waals surface area contributed by atoms with Crippen molar-refractivity contribution >= 4 is 32.7 Å². The fourth-order valence-electron chi connectivity index (χ4n) is 6.37. The molecule has 0 saturated carbocycles. The number of rotatable bonds is 5. The topological polar surface area (TPSA) is 51.8 Å². The van der Waals surface area contributed by atoms with E-state index in [4.69, 9.17) is 19.4 Å².